The first-order valence-corrected chi connectivity index (χ1v) is 4.43. The SMILES string of the molecule is CC(=O)SC(=O)c1ccccc1O. The van der Waals surface area contributed by atoms with E-state index in [1.807, 2.05) is 0 Å². The maximum Gasteiger partial charge on any atom is 0.230 e. The molecule has 0 heterocycles. The predicted octanol–water partition coefficient (Wildman–Crippen LogP) is 1.81. The Balaban J connectivity index is 2.89. The molecule has 0 spiro atoms. The van der Waals surface area contributed by atoms with E-state index < -0.39 is 5.12 Å². The van der Waals surface area contributed by atoms with E-state index in [4.69, 9.17) is 0 Å². The molecule has 1 N–H and O–H groups in total. The molecular formula is C9H8O3S. The molecular weight excluding hydrogens is 188 g/mol. The predicted molar refractivity (Wildman–Crippen MR) is 50.7 cm³/mol. The minimum absolute atomic E-state index is 0.0961. The molecule has 0 fully saturated rings. The van der Waals surface area contributed by atoms with Crippen molar-refractivity contribution in [3.05, 3.63) is 29.8 Å². The maximum atomic E-state index is 11.3. The van der Waals surface area contributed by atoms with E-state index in [1.165, 1.54) is 19.1 Å². The van der Waals surface area contributed by atoms with E-state index in [0.717, 1.165) is 0 Å². The lowest BCUT2D eigenvalue weighted by molar-refractivity contribution is -0.109. The van der Waals surface area contributed by atoms with Crippen LogP contribution in [0.3, 0.4) is 0 Å². The number of aromatic hydroxyl groups is 1. The van der Waals surface area contributed by atoms with Crippen LogP contribution in [-0.4, -0.2) is 15.3 Å². The summed E-state index contributed by atoms with van der Waals surface area (Å²) in [6.45, 7) is 1.31. The summed E-state index contributed by atoms with van der Waals surface area (Å²) in [6, 6.07) is 6.14. The summed E-state index contributed by atoms with van der Waals surface area (Å²) in [6.07, 6.45) is 0. The van der Waals surface area contributed by atoms with Gasteiger partial charge in [0.1, 0.15) is 5.75 Å². The zero-order chi connectivity index (χ0) is 9.84. The third kappa shape index (κ3) is 2.59. The molecule has 13 heavy (non-hydrogen) atoms. The van der Waals surface area contributed by atoms with Gasteiger partial charge in [0.2, 0.25) is 5.12 Å². The normalized spacial score (nSPS) is 9.62. The first-order valence-electron chi connectivity index (χ1n) is 3.62. The molecule has 0 bridgehead atoms. The van der Waals surface area contributed by atoms with E-state index in [1.54, 1.807) is 12.1 Å². The number of phenols is 1. The molecule has 0 unspecified atom stereocenters. The molecule has 0 aliphatic heterocycles. The Morgan fingerprint density at radius 3 is 2.46 bits per heavy atom. The average molecular weight is 196 g/mol. The second-order valence-electron chi connectivity index (χ2n) is 2.40. The summed E-state index contributed by atoms with van der Waals surface area (Å²) in [7, 11) is 0. The number of benzene rings is 1. The van der Waals surface area contributed by atoms with Crippen molar-refractivity contribution < 1.29 is 14.7 Å². The number of carbonyl (C=O) groups is 2. The third-order valence-electron chi connectivity index (χ3n) is 1.36. The first kappa shape index (κ1) is 9.80. The largest absolute Gasteiger partial charge is 0.507 e. The Morgan fingerprint density at radius 2 is 1.92 bits per heavy atom. The molecule has 1 aromatic carbocycles. The summed E-state index contributed by atoms with van der Waals surface area (Å²) in [5.41, 5.74) is 0.169. The first-order chi connectivity index (χ1) is 6.11. The quantitative estimate of drug-likeness (QED) is 0.744. The van der Waals surface area contributed by atoms with Crippen LogP contribution in [0.25, 0.3) is 0 Å². The van der Waals surface area contributed by atoms with Gasteiger partial charge in [0.15, 0.2) is 5.12 Å². The number of carbonyl (C=O) groups excluding carboxylic acids is 2. The topological polar surface area (TPSA) is 54.4 Å². The number of thioether (sulfide) groups is 1. The second-order valence-corrected chi connectivity index (χ2v) is 3.55. The summed E-state index contributed by atoms with van der Waals surface area (Å²) in [4.78, 5) is 21.9. The van der Waals surface area contributed by atoms with Crippen molar-refractivity contribution in [2.75, 3.05) is 0 Å². The van der Waals surface area contributed by atoms with Crippen LogP contribution in [0, 0.1) is 0 Å². The minimum Gasteiger partial charge on any atom is -0.507 e. The number of rotatable bonds is 1. The lowest BCUT2D eigenvalue weighted by Gasteiger charge is -1.99. The van der Waals surface area contributed by atoms with Crippen LogP contribution in [0.15, 0.2) is 24.3 Å². The third-order valence-corrected chi connectivity index (χ3v) is 2.05. The van der Waals surface area contributed by atoms with E-state index >= 15 is 0 Å². The molecule has 0 saturated carbocycles. The standard InChI is InChI=1S/C9H8O3S/c1-6(10)13-9(12)7-4-2-3-5-8(7)11/h2-5,11H,1H3. The van der Waals surface area contributed by atoms with Crippen molar-refractivity contribution in [2.45, 2.75) is 6.92 Å². The lowest BCUT2D eigenvalue weighted by atomic mass is 10.2. The van der Waals surface area contributed by atoms with Crippen LogP contribution in [0.4, 0.5) is 0 Å². The van der Waals surface area contributed by atoms with Gasteiger partial charge in [-0.3, -0.25) is 9.59 Å². The molecule has 0 aliphatic rings. The average Bonchev–Trinajstić information content (AvgIpc) is 2.03. The molecule has 3 nitrogen and oxygen atoms in total. The molecule has 0 radical (unpaired) electrons. The van der Waals surface area contributed by atoms with E-state index in [0.29, 0.717) is 11.8 Å². The highest BCUT2D eigenvalue weighted by molar-refractivity contribution is 8.26. The van der Waals surface area contributed by atoms with Crippen LogP contribution in [0.5, 0.6) is 5.75 Å². The Bertz CT molecular complexity index is 346. The number of phenolic OH excluding ortho intramolecular Hbond substituents is 1. The second kappa shape index (κ2) is 4.09. The Hall–Kier alpha value is -1.29. The molecule has 1 aromatic rings. The summed E-state index contributed by atoms with van der Waals surface area (Å²) < 4.78 is 0. The van der Waals surface area contributed by atoms with Crippen molar-refractivity contribution in [3.63, 3.8) is 0 Å². The highest BCUT2D eigenvalue weighted by atomic mass is 32.2. The number of para-hydroxylation sites is 1. The molecule has 4 heteroatoms. The molecule has 0 aromatic heterocycles. The van der Waals surface area contributed by atoms with E-state index in [9.17, 15) is 14.7 Å². The van der Waals surface area contributed by atoms with Gasteiger partial charge in [-0.05, 0) is 23.9 Å². The smallest absolute Gasteiger partial charge is 0.230 e. The van der Waals surface area contributed by atoms with Crippen molar-refractivity contribution in [3.8, 4) is 5.75 Å². The van der Waals surface area contributed by atoms with Gasteiger partial charge in [-0.15, -0.1) is 0 Å². The fraction of sp³-hybridized carbons (Fsp3) is 0.111. The van der Waals surface area contributed by atoms with Crippen LogP contribution >= 0.6 is 11.8 Å². The number of hydrogen-bond acceptors (Lipinski definition) is 4. The lowest BCUT2D eigenvalue weighted by Crippen LogP contribution is -1.96. The van der Waals surface area contributed by atoms with Gasteiger partial charge < -0.3 is 5.11 Å². The van der Waals surface area contributed by atoms with Crippen molar-refractivity contribution >= 4 is 22.0 Å². The van der Waals surface area contributed by atoms with Gasteiger partial charge in [0.05, 0.1) is 5.56 Å². The molecule has 0 aliphatic carbocycles. The summed E-state index contributed by atoms with van der Waals surface area (Å²) in [5, 5.41) is 8.54. The fourth-order valence-corrected chi connectivity index (χ4v) is 1.38. The van der Waals surface area contributed by atoms with Crippen LogP contribution < -0.4 is 0 Å². The van der Waals surface area contributed by atoms with Gasteiger partial charge in [-0.25, -0.2) is 0 Å². The van der Waals surface area contributed by atoms with Crippen molar-refractivity contribution in [1.29, 1.82) is 0 Å². The van der Waals surface area contributed by atoms with Gasteiger partial charge in [0.25, 0.3) is 0 Å². The molecule has 0 atom stereocenters. The van der Waals surface area contributed by atoms with E-state index in [2.05, 4.69) is 0 Å². The maximum absolute atomic E-state index is 11.3. The Morgan fingerprint density at radius 1 is 1.31 bits per heavy atom. The monoisotopic (exact) mass is 196 g/mol. The van der Waals surface area contributed by atoms with Crippen LogP contribution in [0.1, 0.15) is 17.3 Å². The highest BCUT2D eigenvalue weighted by Gasteiger charge is 2.12. The summed E-state index contributed by atoms with van der Waals surface area (Å²) in [5.74, 6) is -0.0961. The van der Waals surface area contributed by atoms with Crippen LogP contribution in [0.2, 0.25) is 0 Å². The Labute approximate surface area is 79.8 Å². The highest BCUT2D eigenvalue weighted by Crippen LogP contribution is 2.21. The van der Waals surface area contributed by atoms with Crippen molar-refractivity contribution in [1.82, 2.24) is 0 Å². The number of hydrogen-bond donors (Lipinski definition) is 1. The van der Waals surface area contributed by atoms with Gasteiger partial charge >= 0.3 is 0 Å². The van der Waals surface area contributed by atoms with Gasteiger partial charge in [0, 0.05) is 6.92 Å². The zero-order valence-electron chi connectivity index (χ0n) is 6.98. The molecule has 0 amide bonds. The molecule has 1 rings (SSSR count). The van der Waals surface area contributed by atoms with Gasteiger partial charge in [-0.2, -0.15) is 0 Å². The molecule has 0 saturated heterocycles. The van der Waals surface area contributed by atoms with Crippen LogP contribution in [-0.2, 0) is 4.79 Å². The summed E-state index contributed by atoms with van der Waals surface area (Å²) >= 11 is 0.584. The molecule has 68 valence electrons. The van der Waals surface area contributed by atoms with Gasteiger partial charge in [-0.1, -0.05) is 12.1 Å². The van der Waals surface area contributed by atoms with Crippen molar-refractivity contribution in [2.24, 2.45) is 0 Å². The zero-order valence-corrected chi connectivity index (χ0v) is 7.80. The minimum atomic E-state index is -0.425. The van der Waals surface area contributed by atoms with E-state index in [-0.39, 0.29) is 16.4 Å². The Kier molecular flexibility index (Phi) is 3.08. The fourth-order valence-electron chi connectivity index (χ4n) is 0.832.